The van der Waals surface area contributed by atoms with Gasteiger partial charge in [0, 0.05) is 12.2 Å². The molecule has 0 radical (unpaired) electrons. The summed E-state index contributed by atoms with van der Waals surface area (Å²) < 4.78 is 0. The standard InChI is InChI=1S/C13H20N4O/c1-9(14)12(10-5-2-3-7-16-10)17-8-4-6-11(17)13(15)18/h2-3,5,7,9,11-12H,4,6,8,14H2,1H3,(H2,15,18). The van der Waals surface area contributed by atoms with Crippen molar-refractivity contribution in [3.63, 3.8) is 0 Å². The second-order valence-corrected chi connectivity index (χ2v) is 4.86. The molecule has 1 fully saturated rings. The molecule has 0 aliphatic carbocycles. The van der Waals surface area contributed by atoms with Gasteiger partial charge in [0.25, 0.3) is 0 Å². The van der Waals surface area contributed by atoms with Crippen LogP contribution < -0.4 is 11.5 Å². The fourth-order valence-electron chi connectivity index (χ4n) is 2.72. The number of nitrogens with zero attached hydrogens (tertiary/aromatic N) is 2. The van der Waals surface area contributed by atoms with Crippen molar-refractivity contribution < 1.29 is 4.79 Å². The van der Waals surface area contributed by atoms with Gasteiger partial charge in [-0.2, -0.15) is 0 Å². The molecule has 3 atom stereocenters. The molecule has 18 heavy (non-hydrogen) atoms. The number of pyridine rings is 1. The summed E-state index contributed by atoms with van der Waals surface area (Å²) in [6, 6.07) is 5.39. The van der Waals surface area contributed by atoms with E-state index < -0.39 is 0 Å². The van der Waals surface area contributed by atoms with Gasteiger partial charge in [0.1, 0.15) is 0 Å². The van der Waals surface area contributed by atoms with Gasteiger partial charge in [-0.25, -0.2) is 0 Å². The first-order chi connectivity index (χ1) is 8.61. The fourth-order valence-corrected chi connectivity index (χ4v) is 2.72. The molecule has 1 aliphatic rings. The Morgan fingerprint density at radius 2 is 2.33 bits per heavy atom. The highest BCUT2D eigenvalue weighted by molar-refractivity contribution is 5.80. The topological polar surface area (TPSA) is 85.2 Å². The lowest BCUT2D eigenvalue weighted by molar-refractivity contribution is -0.123. The van der Waals surface area contributed by atoms with Crippen LogP contribution in [0.15, 0.2) is 24.4 Å². The van der Waals surface area contributed by atoms with Crippen LogP contribution in [-0.4, -0.2) is 34.4 Å². The SMILES string of the molecule is CC(N)C(c1ccccn1)N1CCCC1C(N)=O. The first kappa shape index (κ1) is 13.0. The van der Waals surface area contributed by atoms with Crippen molar-refractivity contribution in [2.75, 3.05) is 6.54 Å². The molecule has 5 heteroatoms. The third kappa shape index (κ3) is 2.52. The zero-order valence-corrected chi connectivity index (χ0v) is 10.6. The maximum atomic E-state index is 11.5. The van der Waals surface area contributed by atoms with Crippen LogP contribution in [-0.2, 0) is 4.79 Å². The minimum absolute atomic E-state index is 0.0498. The molecule has 2 rings (SSSR count). The summed E-state index contributed by atoms with van der Waals surface area (Å²) in [6.07, 6.45) is 3.54. The Hall–Kier alpha value is -1.46. The Labute approximate surface area is 107 Å². The quantitative estimate of drug-likeness (QED) is 0.808. The summed E-state index contributed by atoms with van der Waals surface area (Å²) in [4.78, 5) is 17.9. The van der Waals surface area contributed by atoms with Gasteiger partial charge in [0.05, 0.1) is 17.8 Å². The lowest BCUT2D eigenvalue weighted by atomic mass is 10.0. The summed E-state index contributed by atoms with van der Waals surface area (Å²) in [5.74, 6) is -0.269. The number of likely N-dealkylation sites (tertiary alicyclic amines) is 1. The van der Waals surface area contributed by atoms with Crippen LogP contribution in [0.25, 0.3) is 0 Å². The number of nitrogens with two attached hydrogens (primary N) is 2. The molecule has 0 spiro atoms. The molecule has 1 saturated heterocycles. The normalized spacial score (nSPS) is 23.8. The fraction of sp³-hybridized carbons (Fsp3) is 0.538. The van der Waals surface area contributed by atoms with Gasteiger partial charge in [-0.15, -0.1) is 0 Å². The Balaban J connectivity index is 2.28. The van der Waals surface area contributed by atoms with Crippen LogP contribution in [0.1, 0.15) is 31.5 Å². The first-order valence-corrected chi connectivity index (χ1v) is 6.33. The predicted octanol–water partition coefficient (Wildman–Crippen LogP) is 0.420. The zero-order valence-electron chi connectivity index (χ0n) is 10.6. The molecule has 1 aliphatic heterocycles. The van der Waals surface area contributed by atoms with Crippen molar-refractivity contribution >= 4 is 5.91 Å². The van der Waals surface area contributed by atoms with E-state index in [0.29, 0.717) is 0 Å². The molecule has 98 valence electrons. The van der Waals surface area contributed by atoms with Gasteiger partial charge in [0.2, 0.25) is 5.91 Å². The Morgan fingerprint density at radius 3 is 2.89 bits per heavy atom. The molecule has 0 bridgehead atoms. The van der Waals surface area contributed by atoms with Crippen molar-refractivity contribution in [1.82, 2.24) is 9.88 Å². The van der Waals surface area contributed by atoms with Crippen LogP contribution in [0.4, 0.5) is 0 Å². The number of rotatable bonds is 4. The van der Waals surface area contributed by atoms with Crippen molar-refractivity contribution in [3.8, 4) is 0 Å². The summed E-state index contributed by atoms with van der Waals surface area (Å²) in [7, 11) is 0. The third-order valence-electron chi connectivity index (χ3n) is 3.47. The van der Waals surface area contributed by atoms with Gasteiger partial charge in [0.15, 0.2) is 0 Å². The van der Waals surface area contributed by atoms with E-state index in [4.69, 9.17) is 11.5 Å². The Bertz CT molecular complexity index is 407. The molecule has 0 aromatic carbocycles. The average molecular weight is 248 g/mol. The zero-order chi connectivity index (χ0) is 13.1. The van der Waals surface area contributed by atoms with E-state index in [2.05, 4.69) is 9.88 Å². The Kier molecular flexibility index (Phi) is 3.93. The highest BCUT2D eigenvalue weighted by atomic mass is 16.1. The van der Waals surface area contributed by atoms with Crippen molar-refractivity contribution in [2.45, 2.75) is 37.9 Å². The van der Waals surface area contributed by atoms with Crippen LogP contribution >= 0.6 is 0 Å². The maximum Gasteiger partial charge on any atom is 0.234 e. The Morgan fingerprint density at radius 1 is 1.56 bits per heavy atom. The highest BCUT2D eigenvalue weighted by Crippen LogP contribution is 2.30. The number of hydrogen-bond acceptors (Lipinski definition) is 4. The summed E-state index contributed by atoms with van der Waals surface area (Å²) >= 11 is 0. The van der Waals surface area contributed by atoms with E-state index in [1.54, 1.807) is 6.20 Å². The summed E-state index contributed by atoms with van der Waals surface area (Å²) in [5, 5.41) is 0. The van der Waals surface area contributed by atoms with Gasteiger partial charge in [-0.3, -0.25) is 14.7 Å². The van der Waals surface area contributed by atoms with E-state index >= 15 is 0 Å². The molecular weight excluding hydrogens is 228 g/mol. The van der Waals surface area contributed by atoms with Gasteiger partial charge in [-0.1, -0.05) is 6.07 Å². The monoisotopic (exact) mass is 248 g/mol. The summed E-state index contributed by atoms with van der Waals surface area (Å²) in [5.41, 5.74) is 12.4. The average Bonchev–Trinajstić information content (AvgIpc) is 2.79. The van der Waals surface area contributed by atoms with Crippen LogP contribution in [0.5, 0.6) is 0 Å². The minimum atomic E-state index is -0.269. The number of primary amides is 1. The number of carbonyl (C=O) groups is 1. The molecular formula is C13H20N4O. The van der Waals surface area contributed by atoms with Gasteiger partial charge >= 0.3 is 0 Å². The van der Waals surface area contributed by atoms with E-state index in [1.165, 1.54) is 0 Å². The molecule has 4 N–H and O–H groups in total. The number of aromatic nitrogens is 1. The lowest BCUT2D eigenvalue weighted by Gasteiger charge is -2.33. The highest BCUT2D eigenvalue weighted by Gasteiger charge is 2.36. The summed E-state index contributed by atoms with van der Waals surface area (Å²) in [6.45, 7) is 2.78. The van der Waals surface area contributed by atoms with Crippen LogP contribution in [0.2, 0.25) is 0 Å². The molecule has 1 amide bonds. The lowest BCUT2D eigenvalue weighted by Crippen LogP contribution is -2.47. The van der Waals surface area contributed by atoms with E-state index in [0.717, 1.165) is 25.1 Å². The predicted molar refractivity (Wildman–Crippen MR) is 69.5 cm³/mol. The number of amides is 1. The van der Waals surface area contributed by atoms with Crippen LogP contribution in [0, 0.1) is 0 Å². The molecule has 3 unspecified atom stereocenters. The molecule has 1 aromatic rings. The molecule has 0 saturated carbocycles. The first-order valence-electron chi connectivity index (χ1n) is 6.33. The van der Waals surface area contributed by atoms with Crippen molar-refractivity contribution in [3.05, 3.63) is 30.1 Å². The van der Waals surface area contributed by atoms with E-state index in [1.807, 2.05) is 25.1 Å². The largest absolute Gasteiger partial charge is 0.368 e. The number of carbonyl (C=O) groups excluding carboxylic acids is 1. The smallest absolute Gasteiger partial charge is 0.234 e. The maximum absolute atomic E-state index is 11.5. The van der Waals surface area contributed by atoms with E-state index in [-0.39, 0.29) is 24.0 Å². The molecule has 1 aromatic heterocycles. The number of hydrogen-bond donors (Lipinski definition) is 2. The van der Waals surface area contributed by atoms with Crippen molar-refractivity contribution in [1.29, 1.82) is 0 Å². The third-order valence-corrected chi connectivity index (χ3v) is 3.47. The van der Waals surface area contributed by atoms with Crippen LogP contribution in [0.3, 0.4) is 0 Å². The van der Waals surface area contributed by atoms with E-state index in [9.17, 15) is 4.79 Å². The second kappa shape index (κ2) is 5.46. The van der Waals surface area contributed by atoms with Gasteiger partial charge in [-0.05, 0) is 38.4 Å². The van der Waals surface area contributed by atoms with Crippen molar-refractivity contribution in [2.24, 2.45) is 11.5 Å². The van der Waals surface area contributed by atoms with Gasteiger partial charge < -0.3 is 11.5 Å². The second-order valence-electron chi connectivity index (χ2n) is 4.86. The minimum Gasteiger partial charge on any atom is -0.368 e. The molecule has 5 nitrogen and oxygen atoms in total. The molecule has 2 heterocycles.